The molecule has 206 valence electrons. The maximum atomic E-state index is 11.3. The van der Waals surface area contributed by atoms with E-state index < -0.39 is 17.9 Å². The summed E-state index contributed by atoms with van der Waals surface area (Å²) in [5.41, 5.74) is 1.62. The average Bonchev–Trinajstić information content (AvgIpc) is 2.86. The highest BCUT2D eigenvalue weighted by atomic mass is 79.9. The van der Waals surface area contributed by atoms with Crippen LogP contribution in [0.4, 0.5) is 0 Å². The van der Waals surface area contributed by atoms with Gasteiger partial charge in [0.25, 0.3) is 0 Å². The van der Waals surface area contributed by atoms with Crippen molar-refractivity contribution in [1.29, 1.82) is 0 Å². The molecule has 0 bridgehead atoms. The molecule has 0 unspecified atom stereocenters. The van der Waals surface area contributed by atoms with Crippen LogP contribution < -0.4 is 23.7 Å². The molecule has 0 saturated heterocycles. The number of carbonyl (C=O) groups is 5. The number of hydrogen-bond donors (Lipinski definition) is 0. The monoisotopic (exact) mass is 658 g/mol. The Kier molecular flexibility index (Phi) is 14.3. The van der Waals surface area contributed by atoms with Crippen LogP contribution >= 0.6 is 31.9 Å². The van der Waals surface area contributed by atoms with Gasteiger partial charge >= 0.3 is 29.8 Å². The second kappa shape index (κ2) is 16.6. The summed E-state index contributed by atoms with van der Waals surface area (Å²) in [4.78, 5) is 55.9. The van der Waals surface area contributed by atoms with Gasteiger partial charge < -0.3 is 23.7 Å². The highest BCUT2D eigenvalue weighted by Gasteiger charge is 2.20. The van der Waals surface area contributed by atoms with Crippen LogP contribution in [0.25, 0.3) is 0 Å². The van der Waals surface area contributed by atoms with Crippen LogP contribution in [0.5, 0.6) is 28.7 Å². The van der Waals surface area contributed by atoms with E-state index in [9.17, 15) is 24.0 Å². The molecular weight excluding hydrogens is 632 g/mol. The predicted molar refractivity (Wildman–Crippen MR) is 144 cm³/mol. The summed E-state index contributed by atoms with van der Waals surface area (Å²) in [6.07, 6.45) is 0.529. The zero-order chi connectivity index (χ0) is 28.8. The van der Waals surface area contributed by atoms with Crippen molar-refractivity contribution in [2.75, 3.05) is 0 Å². The van der Waals surface area contributed by atoms with Gasteiger partial charge in [-0.15, -0.1) is 0 Å². The highest BCUT2D eigenvalue weighted by molar-refractivity contribution is 9.08. The third kappa shape index (κ3) is 11.4. The Bertz CT molecular complexity index is 1140. The molecule has 12 heteroatoms. The first-order valence-corrected chi connectivity index (χ1v) is 13.6. The molecule has 0 N–H and O–H groups in total. The van der Waals surface area contributed by atoms with Gasteiger partial charge in [-0.1, -0.05) is 51.8 Å². The fraction of sp³-hybridized carbons (Fsp3) is 0.346. The lowest BCUT2D eigenvalue weighted by atomic mass is 10.2. The van der Waals surface area contributed by atoms with E-state index in [2.05, 4.69) is 31.9 Å². The summed E-state index contributed by atoms with van der Waals surface area (Å²) >= 11 is 6.56. The molecule has 2 aromatic rings. The van der Waals surface area contributed by atoms with Crippen molar-refractivity contribution in [3.05, 3.63) is 41.5 Å². The molecule has 0 aromatic heterocycles. The van der Waals surface area contributed by atoms with Crippen molar-refractivity contribution in [3.63, 3.8) is 0 Å². The summed E-state index contributed by atoms with van der Waals surface area (Å²) < 4.78 is 25.2. The van der Waals surface area contributed by atoms with Gasteiger partial charge in [-0.3, -0.25) is 24.0 Å². The molecule has 0 aliphatic heterocycles. The Morgan fingerprint density at radius 2 is 1.00 bits per heavy atom. The van der Waals surface area contributed by atoms with Crippen LogP contribution in [0.1, 0.15) is 58.6 Å². The molecule has 0 fully saturated rings. The molecule has 0 aliphatic carbocycles. The molecule has 0 heterocycles. The fourth-order valence-electron chi connectivity index (χ4n) is 2.60. The molecule has 2 rings (SSSR count). The van der Waals surface area contributed by atoms with E-state index in [1.165, 1.54) is 32.9 Å². The zero-order valence-corrected chi connectivity index (χ0v) is 24.7. The van der Waals surface area contributed by atoms with Gasteiger partial charge in [0.1, 0.15) is 0 Å². The van der Waals surface area contributed by atoms with Crippen molar-refractivity contribution in [1.82, 2.24) is 0 Å². The molecule has 0 radical (unpaired) electrons. The predicted octanol–water partition coefficient (Wildman–Crippen LogP) is 5.57. The van der Waals surface area contributed by atoms with E-state index in [0.717, 1.165) is 5.56 Å². The number of rotatable bonds is 9. The molecule has 0 atom stereocenters. The van der Waals surface area contributed by atoms with E-state index in [4.69, 9.17) is 23.7 Å². The number of benzene rings is 2. The smallest absolute Gasteiger partial charge is 0.311 e. The van der Waals surface area contributed by atoms with Crippen LogP contribution in [0.3, 0.4) is 0 Å². The van der Waals surface area contributed by atoms with Crippen LogP contribution in [0, 0.1) is 0 Å². The van der Waals surface area contributed by atoms with Crippen molar-refractivity contribution in [2.45, 2.75) is 58.1 Å². The number of hydrogen-bond acceptors (Lipinski definition) is 10. The summed E-state index contributed by atoms with van der Waals surface area (Å²) in [6.45, 7) is 7.02. The fourth-order valence-corrected chi connectivity index (χ4v) is 3.28. The number of halogens is 2. The number of carbonyl (C=O) groups excluding carboxylic acids is 5. The Morgan fingerprint density at radius 1 is 0.579 bits per heavy atom. The van der Waals surface area contributed by atoms with Crippen molar-refractivity contribution < 1.29 is 47.7 Å². The summed E-state index contributed by atoms with van der Waals surface area (Å²) in [5.74, 6) is -2.05. The number of esters is 5. The lowest BCUT2D eigenvalue weighted by Crippen LogP contribution is -2.11. The summed E-state index contributed by atoms with van der Waals surface area (Å²) in [7, 11) is 0. The third-order valence-corrected chi connectivity index (χ3v) is 5.47. The molecule has 0 spiro atoms. The SMILES string of the molecule is CC(=O)Oc1cc(CBr)cc(OC(C)=O)c1OC(C)=O.CCC(=O)Oc1ccc(CBr)cc1OC(=O)CC. The molecule has 0 aliphatic rings. The Balaban J connectivity index is 0.000000382. The minimum Gasteiger partial charge on any atom is -0.423 e. The summed E-state index contributed by atoms with van der Waals surface area (Å²) in [6, 6.07) is 8.14. The molecule has 10 nitrogen and oxygen atoms in total. The Morgan fingerprint density at radius 3 is 1.39 bits per heavy atom. The van der Waals surface area contributed by atoms with E-state index >= 15 is 0 Å². The van der Waals surface area contributed by atoms with E-state index in [1.807, 2.05) is 0 Å². The average molecular weight is 660 g/mol. The van der Waals surface area contributed by atoms with Crippen LogP contribution in [-0.2, 0) is 34.6 Å². The van der Waals surface area contributed by atoms with Crippen LogP contribution in [-0.4, -0.2) is 29.8 Å². The maximum Gasteiger partial charge on any atom is 0.311 e. The van der Waals surface area contributed by atoms with E-state index in [1.54, 1.807) is 32.0 Å². The highest BCUT2D eigenvalue weighted by Crippen LogP contribution is 2.40. The minimum atomic E-state index is -0.626. The largest absolute Gasteiger partial charge is 0.423 e. The van der Waals surface area contributed by atoms with Gasteiger partial charge in [0.15, 0.2) is 23.0 Å². The quantitative estimate of drug-likeness (QED) is 0.191. The zero-order valence-electron chi connectivity index (χ0n) is 21.6. The Labute approximate surface area is 237 Å². The maximum absolute atomic E-state index is 11.3. The van der Waals surface area contributed by atoms with Gasteiger partial charge in [0, 0.05) is 44.3 Å². The number of ether oxygens (including phenoxy) is 5. The first-order chi connectivity index (χ1) is 17.9. The lowest BCUT2D eigenvalue weighted by Gasteiger charge is -2.14. The topological polar surface area (TPSA) is 132 Å². The second-order valence-corrected chi connectivity index (χ2v) is 8.53. The van der Waals surface area contributed by atoms with Crippen LogP contribution in [0.15, 0.2) is 30.3 Å². The summed E-state index contributed by atoms with van der Waals surface area (Å²) in [5, 5.41) is 1.07. The third-order valence-electron chi connectivity index (χ3n) is 4.18. The first-order valence-electron chi connectivity index (χ1n) is 11.3. The lowest BCUT2D eigenvalue weighted by molar-refractivity contribution is -0.136. The minimum absolute atomic E-state index is 0.0147. The van der Waals surface area contributed by atoms with Gasteiger partial charge in [-0.25, -0.2) is 0 Å². The molecule has 2 aromatic carbocycles. The molecular formula is C26H28Br2O10. The number of alkyl halides is 2. The van der Waals surface area contributed by atoms with Gasteiger partial charge in [0.2, 0.25) is 5.75 Å². The van der Waals surface area contributed by atoms with Crippen molar-refractivity contribution in [3.8, 4) is 28.7 Å². The van der Waals surface area contributed by atoms with Crippen molar-refractivity contribution >= 4 is 61.7 Å². The second-order valence-electron chi connectivity index (χ2n) is 7.41. The van der Waals surface area contributed by atoms with E-state index in [-0.39, 0.29) is 53.5 Å². The van der Waals surface area contributed by atoms with Crippen molar-refractivity contribution in [2.24, 2.45) is 0 Å². The standard InChI is InChI=1S/C13H13BrO6.C13H15BrO4/c1-7(15)18-11-4-10(6-14)5-12(19-8(2)16)13(11)20-9(3)17;1-3-12(15)17-10-6-5-9(8-14)7-11(10)18-13(16)4-2/h4-5H,6H2,1-3H3;5-7H,3-4,8H2,1-2H3. The molecule has 38 heavy (non-hydrogen) atoms. The van der Waals surface area contributed by atoms with Crippen LogP contribution in [0.2, 0.25) is 0 Å². The Hall–Kier alpha value is -3.25. The molecule has 0 amide bonds. The first kappa shape index (κ1) is 32.8. The molecule has 0 saturated carbocycles. The van der Waals surface area contributed by atoms with Gasteiger partial charge in [-0.05, 0) is 35.4 Å². The van der Waals surface area contributed by atoms with E-state index in [0.29, 0.717) is 16.2 Å². The van der Waals surface area contributed by atoms with Gasteiger partial charge in [0.05, 0.1) is 0 Å². The van der Waals surface area contributed by atoms with Gasteiger partial charge in [-0.2, -0.15) is 0 Å². The normalized spacial score (nSPS) is 9.87.